The van der Waals surface area contributed by atoms with Gasteiger partial charge in [-0.2, -0.15) is 13.2 Å². The van der Waals surface area contributed by atoms with E-state index in [-0.39, 0.29) is 18.6 Å². The highest BCUT2D eigenvalue weighted by Crippen LogP contribution is 2.33. The number of amides is 1. The standard InChI is InChI=1S/C16H21F3N4O4/c1-3-5-6-12(24)22-15(16(17,18)19,14(25)26-4-2)27-23-13(20)11-7-9-21-10-8-11/h7-10H,3-6H2,1-2H3,(H2,20,23)(H,22,24)/t15-/m1/s1. The lowest BCUT2D eigenvalue weighted by Crippen LogP contribution is -2.65. The van der Waals surface area contributed by atoms with Crippen molar-refractivity contribution >= 4 is 17.7 Å². The Hall–Kier alpha value is -2.85. The summed E-state index contributed by atoms with van der Waals surface area (Å²) in [6, 6.07) is 2.75. The lowest BCUT2D eigenvalue weighted by Gasteiger charge is -2.31. The van der Waals surface area contributed by atoms with Crippen LogP contribution >= 0.6 is 0 Å². The van der Waals surface area contributed by atoms with Crippen LogP contribution in [0.25, 0.3) is 0 Å². The Balaban J connectivity index is 3.25. The second kappa shape index (κ2) is 9.74. The van der Waals surface area contributed by atoms with Crippen molar-refractivity contribution in [1.82, 2.24) is 10.3 Å². The summed E-state index contributed by atoms with van der Waals surface area (Å²) in [6.07, 6.45) is -2.02. The number of esters is 1. The number of ether oxygens (including phenoxy) is 1. The highest BCUT2D eigenvalue weighted by atomic mass is 19.4. The van der Waals surface area contributed by atoms with E-state index in [4.69, 9.17) is 5.73 Å². The van der Waals surface area contributed by atoms with Crippen LogP contribution in [0.15, 0.2) is 29.7 Å². The number of carbonyl (C=O) groups is 2. The number of oxime groups is 1. The minimum Gasteiger partial charge on any atom is -0.461 e. The zero-order valence-electron chi connectivity index (χ0n) is 14.9. The van der Waals surface area contributed by atoms with Gasteiger partial charge in [0, 0.05) is 24.4 Å². The molecule has 1 atom stereocenters. The number of nitrogens with zero attached hydrogens (tertiary/aromatic N) is 2. The van der Waals surface area contributed by atoms with Gasteiger partial charge in [0.2, 0.25) is 5.91 Å². The lowest BCUT2D eigenvalue weighted by molar-refractivity contribution is -0.286. The molecule has 1 aromatic rings. The van der Waals surface area contributed by atoms with Crippen molar-refractivity contribution < 1.29 is 32.3 Å². The molecule has 1 amide bonds. The Labute approximate surface area is 153 Å². The average molecular weight is 390 g/mol. The molecule has 150 valence electrons. The molecule has 1 aromatic heterocycles. The quantitative estimate of drug-likeness (QED) is 0.219. The molecule has 3 N–H and O–H groups in total. The van der Waals surface area contributed by atoms with Gasteiger partial charge in [0.15, 0.2) is 5.84 Å². The van der Waals surface area contributed by atoms with Crippen LogP contribution in [-0.2, 0) is 19.2 Å². The first-order chi connectivity index (χ1) is 12.7. The third-order valence-corrected chi connectivity index (χ3v) is 3.29. The predicted molar refractivity (Wildman–Crippen MR) is 89.1 cm³/mol. The first-order valence-electron chi connectivity index (χ1n) is 8.15. The molecule has 11 heteroatoms. The van der Waals surface area contributed by atoms with Gasteiger partial charge in [0.25, 0.3) is 0 Å². The number of nitrogens with two attached hydrogens (primary N) is 1. The van der Waals surface area contributed by atoms with Gasteiger partial charge in [-0.3, -0.25) is 15.1 Å². The fourth-order valence-electron chi connectivity index (χ4n) is 1.87. The van der Waals surface area contributed by atoms with E-state index < -0.39 is 29.6 Å². The van der Waals surface area contributed by atoms with E-state index in [9.17, 15) is 22.8 Å². The summed E-state index contributed by atoms with van der Waals surface area (Å²) in [5.74, 6) is -3.34. The number of pyridine rings is 1. The second-order valence-corrected chi connectivity index (χ2v) is 5.35. The van der Waals surface area contributed by atoms with Crippen LogP contribution in [0, 0.1) is 0 Å². The third-order valence-electron chi connectivity index (χ3n) is 3.29. The normalized spacial score (nSPS) is 14.2. The Bertz CT molecular complexity index is 667. The number of hydrogen-bond donors (Lipinski definition) is 2. The minimum absolute atomic E-state index is 0.210. The number of unbranched alkanes of at least 4 members (excludes halogenated alkanes) is 1. The van der Waals surface area contributed by atoms with E-state index >= 15 is 0 Å². The lowest BCUT2D eigenvalue weighted by atomic mass is 10.1. The molecule has 0 saturated heterocycles. The molecule has 0 fully saturated rings. The summed E-state index contributed by atoms with van der Waals surface area (Å²) in [5, 5.41) is 4.76. The van der Waals surface area contributed by atoms with Gasteiger partial charge in [-0.05, 0) is 25.5 Å². The monoisotopic (exact) mass is 390 g/mol. The number of carbonyl (C=O) groups excluding carboxylic acids is 2. The van der Waals surface area contributed by atoms with Crippen molar-refractivity contribution in [2.75, 3.05) is 6.61 Å². The SMILES string of the molecule is CCCCC(=O)N[C@@](O/N=C(\N)c1ccncc1)(C(=O)OCC)C(F)(F)F. The van der Waals surface area contributed by atoms with Crippen molar-refractivity contribution in [2.45, 2.75) is 45.0 Å². The Morgan fingerprint density at radius 3 is 2.41 bits per heavy atom. The number of hydrogen-bond acceptors (Lipinski definition) is 6. The van der Waals surface area contributed by atoms with Crippen LogP contribution in [0.3, 0.4) is 0 Å². The summed E-state index contributed by atoms with van der Waals surface area (Å²) in [5.41, 5.74) is 1.99. The van der Waals surface area contributed by atoms with E-state index in [1.807, 2.05) is 0 Å². The zero-order chi connectivity index (χ0) is 20.5. The van der Waals surface area contributed by atoms with Crippen molar-refractivity contribution in [3.05, 3.63) is 30.1 Å². The van der Waals surface area contributed by atoms with E-state index in [1.54, 1.807) is 12.2 Å². The van der Waals surface area contributed by atoms with Gasteiger partial charge in [0.1, 0.15) is 0 Å². The molecule has 0 aliphatic rings. The highest BCUT2D eigenvalue weighted by molar-refractivity contribution is 5.97. The number of alkyl halides is 3. The maximum Gasteiger partial charge on any atom is 0.463 e. The van der Waals surface area contributed by atoms with E-state index in [1.165, 1.54) is 31.5 Å². The van der Waals surface area contributed by atoms with Crippen LogP contribution in [0.4, 0.5) is 13.2 Å². The molecule has 0 aliphatic carbocycles. The maximum atomic E-state index is 13.7. The van der Waals surface area contributed by atoms with E-state index in [0.29, 0.717) is 12.8 Å². The smallest absolute Gasteiger partial charge is 0.461 e. The van der Waals surface area contributed by atoms with Gasteiger partial charge >= 0.3 is 17.9 Å². The van der Waals surface area contributed by atoms with Crippen molar-refractivity contribution in [3.63, 3.8) is 0 Å². The molecule has 1 rings (SSSR count). The van der Waals surface area contributed by atoms with Crippen molar-refractivity contribution in [2.24, 2.45) is 10.9 Å². The molecule has 0 radical (unpaired) electrons. The van der Waals surface area contributed by atoms with Gasteiger partial charge in [-0.25, -0.2) is 4.79 Å². The largest absolute Gasteiger partial charge is 0.463 e. The van der Waals surface area contributed by atoms with Gasteiger partial charge in [0.05, 0.1) is 6.61 Å². The summed E-state index contributed by atoms with van der Waals surface area (Å²) in [6.45, 7) is 2.70. The number of amidine groups is 1. The Morgan fingerprint density at radius 1 is 1.26 bits per heavy atom. The molecule has 1 heterocycles. The van der Waals surface area contributed by atoms with Crippen LogP contribution < -0.4 is 11.1 Å². The minimum atomic E-state index is -5.36. The highest BCUT2D eigenvalue weighted by Gasteiger charge is 2.67. The van der Waals surface area contributed by atoms with Gasteiger partial charge in [-0.15, -0.1) is 0 Å². The molecular formula is C16H21F3N4O4. The van der Waals surface area contributed by atoms with Gasteiger partial charge < -0.3 is 15.3 Å². The predicted octanol–water partition coefficient (Wildman–Crippen LogP) is 1.85. The summed E-state index contributed by atoms with van der Waals surface area (Å²) < 4.78 is 45.6. The van der Waals surface area contributed by atoms with Crippen LogP contribution in [0.5, 0.6) is 0 Å². The summed E-state index contributed by atoms with van der Waals surface area (Å²) in [7, 11) is 0. The number of nitrogens with one attached hydrogen (secondary N) is 1. The molecular weight excluding hydrogens is 369 g/mol. The molecule has 0 saturated carbocycles. The molecule has 8 nitrogen and oxygen atoms in total. The maximum absolute atomic E-state index is 13.7. The topological polar surface area (TPSA) is 116 Å². The Morgan fingerprint density at radius 2 is 1.89 bits per heavy atom. The van der Waals surface area contributed by atoms with Crippen LogP contribution in [0.2, 0.25) is 0 Å². The Kier molecular flexibility index (Phi) is 8.00. The first kappa shape index (κ1) is 22.2. The number of rotatable bonds is 9. The van der Waals surface area contributed by atoms with Crippen molar-refractivity contribution in [1.29, 1.82) is 0 Å². The van der Waals surface area contributed by atoms with Gasteiger partial charge in [-0.1, -0.05) is 18.5 Å². The second-order valence-electron chi connectivity index (χ2n) is 5.35. The fraction of sp³-hybridized carbons (Fsp3) is 0.500. The van der Waals surface area contributed by atoms with Crippen LogP contribution in [0.1, 0.15) is 38.7 Å². The molecule has 27 heavy (non-hydrogen) atoms. The molecule has 0 aromatic carbocycles. The zero-order valence-corrected chi connectivity index (χ0v) is 14.9. The number of halogens is 3. The number of aromatic nitrogens is 1. The molecule has 0 spiro atoms. The van der Waals surface area contributed by atoms with E-state index in [0.717, 1.165) is 0 Å². The van der Waals surface area contributed by atoms with Crippen molar-refractivity contribution in [3.8, 4) is 0 Å². The third kappa shape index (κ3) is 5.83. The summed E-state index contributed by atoms with van der Waals surface area (Å²) >= 11 is 0. The molecule has 0 aliphatic heterocycles. The van der Waals surface area contributed by atoms with E-state index in [2.05, 4.69) is 19.7 Å². The first-order valence-corrected chi connectivity index (χ1v) is 8.15. The van der Waals surface area contributed by atoms with Crippen LogP contribution in [-0.4, -0.2) is 41.2 Å². The summed E-state index contributed by atoms with van der Waals surface area (Å²) in [4.78, 5) is 32.2. The fourth-order valence-corrected chi connectivity index (χ4v) is 1.87. The molecule has 0 unspecified atom stereocenters. The average Bonchev–Trinajstić information content (AvgIpc) is 2.63. The molecule has 0 bridgehead atoms.